The topological polar surface area (TPSA) is 37.4 Å². The van der Waals surface area contributed by atoms with Crippen LogP contribution in [0.5, 0.6) is 0 Å². The Kier molecular flexibility index (Phi) is 6.17. The van der Waals surface area contributed by atoms with E-state index in [4.69, 9.17) is 0 Å². The zero-order valence-corrected chi connectivity index (χ0v) is 12.0. The fraction of sp³-hybridized carbons (Fsp3) is 0.176. The Hall–Kier alpha value is -2.42. The van der Waals surface area contributed by atoms with E-state index in [1.807, 2.05) is 37.3 Å². The SMILES string of the molecule is CC(=O)c1ccc(C(=O)C=CC=CC=CN(C)C)cc1. The number of benzene rings is 1. The van der Waals surface area contributed by atoms with Crippen molar-refractivity contribution in [3.63, 3.8) is 0 Å². The molecule has 0 aliphatic rings. The monoisotopic (exact) mass is 269 g/mol. The van der Waals surface area contributed by atoms with Crippen LogP contribution in [-0.2, 0) is 0 Å². The van der Waals surface area contributed by atoms with Gasteiger partial charge >= 0.3 is 0 Å². The second-order valence-electron chi connectivity index (χ2n) is 4.55. The Labute approximate surface area is 119 Å². The third kappa shape index (κ3) is 5.48. The highest BCUT2D eigenvalue weighted by atomic mass is 16.1. The summed E-state index contributed by atoms with van der Waals surface area (Å²) in [6, 6.07) is 6.66. The molecule has 0 saturated carbocycles. The maximum atomic E-state index is 11.8. The van der Waals surface area contributed by atoms with E-state index in [-0.39, 0.29) is 11.6 Å². The molecule has 0 aliphatic carbocycles. The second kappa shape index (κ2) is 7.89. The van der Waals surface area contributed by atoms with Crippen LogP contribution in [0.1, 0.15) is 27.6 Å². The number of allylic oxidation sites excluding steroid dienone is 5. The summed E-state index contributed by atoms with van der Waals surface area (Å²) in [7, 11) is 3.88. The van der Waals surface area contributed by atoms with Crippen molar-refractivity contribution in [2.45, 2.75) is 6.92 Å². The van der Waals surface area contributed by atoms with Gasteiger partial charge in [0.2, 0.25) is 0 Å². The van der Waals surface area contributed by atoms with Crippen molar-refractivity contribution in [1.82, 2.24) is 4.90 Å². The molecule has 0 unspecified atom stereocenters. The van der Waals surface area contributed by atoms with E-state index >= 15 is 0 Å². The van der Waals surface area contributed by atoms with Crippen LogP contribution in [0.4, 0.5) is 0 Å². The number of nitrogens with zero attached hydrogens (tertiary/aromatic N) is 1. The van der Waals surface area contributed by atoms with Crippen molar-refractivity contribution in [2.24, 2.45) is 0 Å². The fourth-order valence-corrected chi connectivity index (χ4v) is 1.46. The third-order valence-corrected chi connectivity index (χ3v) is 2.54. The summed E-state index contributed by atoms with van der Waals surface area (Å²) in [6.07, 6.45) is 10.6. The maximum Gasteiger partial charge on any atom is 0.185 e. The Bertz CT molecular complexity index is 549. The van der Waals surface area contributed by atoms with E-state index in [1.165, 1.54) is 13.0 Å². The highest BCUT2D eigenvalue weighted by Crippen LogP contribution is 2.06. The molecular formula is C17H19NO2. The van der Waals surface area contributed by atoms with Crippen molar-refractivity contribution in [1.29, 1.82) is 0 Å². The Morgan fingerprint density at radius 2 is 1.45 bits per heavy atom. The Balaban J connectivity index is 2.60. The predicted octanol–water partition coefficient (Wildman–Crippen LogP) is 3.26. The number of hydrogen-bond acceptors (Lipinski definition) is 3. The summed E-state index contributed by atoms with van der Waals surface area (Å²) >= 11 is 0. The van der Waals surface area contributed by atoms with Crippen LogP contribution in [0.3, 0.4) is 0 Å². The smallest absolute Gasteiger partial charge is 0.185 e. The minimum atomic E-state index is -0.0821. The van der Waals surface area contributed by atoms with Crippen molar-refractivity contribution in [3.05, 3.63) is 72.0 Å². The number of ketones is 2. The summed E-state index contributed by atoms with van der Waals surface area (Å²) in [5.41, 5.74) is 1.18. The van der Waals surface area contributed by atoms with Crippen LogP contribution in [0.25, 0.3) is 0 Å². The molecule has 0 aromatic heterocycles. The zero-order chi connectivity index (χ0) is 15.0. The number of carbonyl (C=O) groups is 2. The standard InChI is InChI=1S/C17H19NO2/c1-14(19)15-9-11-16(12-10-15)17(20)8-6-4-5-7-13-18(2)3/h4-13H,1-3H3. The first kappa shape index (κ1) is 15.6. The highest BCUT2D eigenvalue weighted by Gasteiger charge is 2.02. The molecule has 20 heavy (non-hydrogen) atoms. The molecule has 3 heteroatoms. The molecule has 0 aliphatic heterocycles. The van der Waals surface area contributed by atoms with Gasteiger partial charge in [0.1, 0.15) is 0 Å². The van der Waals surface area contributed by atoms with Gasteiger partial charge in [0.05, 0.1) is 0 Å². The maximum absolute atomic E-state index is 11.8. The molecule has 3 nitrogen and oxygen atoms in total. The van der Waals surface area contributed by atoms with Gasteiger partial charge < -0.3 is 4.90 Å². The normalized spacial score (nSPS) is 11.6. The largest absolute Gasteiger partial charge is 0.383 e. The number of hydrogen-bond donors (Lipinski definition) is 0. The summed E-state index contributed by atoms with van der Waals surface area (Å²) in [6.45, 7) is 1.50. The summed E-state index contributed by atoms with van der Waals surface area (Å²) < 4.78 is 0. The van der Waals surface area contributed by atoms with Gasteiger partial charge in [-0.15, -0.1) is 0 Å². The number of carbonyl (C=O) groups excluding carboxylic acids is 2. The molecular weight excluding hydrogens is 250 g/mol. The molecule has 1 aromatic rings. The first-order valence-electron chi connectivity index (χ1n) is 6.34. The van der Waals surface area contributed by atoms with Gasteiger partial charge in [0, 0.05) is 25.2 Å². The molecule has 0 bridgehead atoms. The number of rotatable bonds is 6. The predicted molar refractivity (Wildman–Crippen MR) is 81.9 cm³/mol. The van der Waals surface area contributed by atoms with Crippen LogP contribution in [0.15, 0.2) is 60.8 Å². The molecule has 0 N–H and O–H groups in total. The fourth-order valence-electron chi connectivity index (χ4n) is 1.46. The summed E-state index contributed by atoms with van der Waals surface area (Å²) in [5.74, 6) is -0.0866. The Morgan fingerprint density at radius 1 is 0.900 bits per heavy atom. The molecule has 1 aromatic carbocycles. The molecule has 0 spiro atoms. The second-order valence-corrected chi connectivity index (χ2v) is 4.55. The van der Waals surface area contributed by atoms with Crippen molar-refractivity contribution in [3.8, 4) is 0 Å². The number of Topliss-reactive ketones (excluding diaryl/α,β-unsaturated/α-hetero) is 1. The van der Waals surface area contributed by atoms with E-state index < -0.39 is 0 Å². The van der Waals surface area contributed by atoms with Crippen molar-refractivity contribution < 1.29 is 9.59 Å². The molecule has 0 atom stereocenters. The van der Waals surface area contributed by atoms with Crippen molar-refractivity contribution in [2.75, 3.05) is 14.1 Å². The molecule has 0 amide bonds. The van der Waals surface area contributed by atoms with E-state index in [0.717, 1.165) is 0 Å². The molecule has 1 rings (SSSR count). The Morgan fingerprint density at radius 3 is 2.00 bits per heavy atom. The van der Waals surface area contributed by atoms with Gasteiger partial charge in [-0.2, -0.15) is 0 Å². The zero-order valence-electron chi connectivity index (χ0n) is 12.0. The lowest BCUT2D eigenvalue weighted by Crippen LogP contribution is -1.99. The average molecular weight is 269 g/mol. The van der Waals surface area contributed by atoms with Gasteiger partial charge in [0.25, 0.3) is 0 Å². The molecule has 0 saturated heterocycles. The van der Waals surface area contributed by atoms with Crippen LogP contribution < -0.4 is 0 Å². The molecule has 0 radical (unpaired) electrons. The summed E-state index contributed by atoms with van der Waals surface area (Å²) in [4.78, 5) is 24.9. The lowest BCUT2D eigenvalue weighted by molar-refractivity contribution is 0.101. The lowest BCUT2D eigenvalue weighted by Gasteiger charge is -2.00. The van der Waals surface area contributed by atoms with Crippen molar-refractivity contribution >= 4 is 11.6 Å². The molecule has 0 fully saturated rings. The van der Waals surface area contributed by atoms with Crippen LogP contribution in [0, 0.1) is 0 Å². The third-order valence-electron chi connectivity index (χ3n) is 2.54. The minimum Gasteiger partial charge on any atom is -0.383 e. The van der Waals surface area contributed by atoms with Crippen LogP contribution >= 0.6 is 0 Å². The van der Waals surface area contributed by atoms with Crippen LogP contribution in [0.2, 0.25) is 0 Å². The quantitative estimate of drug-likeness (QED) is 0.452. The highest BCUT2D eigenvalue weighted by molar-refractivity contribution is 6.05. The molecule has 104 valence electrons. The average Bonchev–Trinajstić information content (AvgIpc) is 2.42. The minimum absolute atomic E-state index is 0.00449. The van der Waals surface area contributed by atoms with Gasteiger partial charge in [-0.1, -0.05) is 42.5 Å². The first-order valence-corrected chi connectivity index (χ1v) is 6.34. The lowest BCUT2D eigenvalue weighted by atomic mass is 10.1. The van der Waals surface area contributed by atoms with E-state index in [2.05, 4.69) is 0 Å². The van der Waals surface area contributed by atoms with Gasteiger partial charge in [0.15, 0.2) is 11.6 Å². The molecule has 0 heterocycles. The summed E-state index contributed by atoms with van der Waals surface area (Å²) in [5, 5.41) is 0. The van der Waals surface area contributed by atoms with Gasteiger partial charge in [-0.25, -0.2) is 0 Å². The van der Waals surface area contributed by atoms with Gasteiger partial charge in [-0.3, -0.25) is 9.59 Å². The van der Waals surface area contributed by atoms with E-state index in [9.17, 15) is 9.59 Å². The van der Waals surface area contributed by atoms with E-state index in [0.29, 0.717) is 11.1 Å². The first-order chi connectivity index (χ1) is 9.50. The van der Waals surface area contributed by atoms with E-state index in [1.54, 1.807) is 36.4 Å². The van der Waals surface area contributed by atoms with Gasteiger partial charge in [-0.05, 0) is 25.3 Å². The van der Waals surface area contributed by atoms with Crippen LogP contribution in [-0.4, -0.2) is 30.6 Å².